The lowest BCUT2D eigenvalue weighted by Crippen LogP contribution is -1.95. The fourth-order valence-electron chi connectivity index (χ4n) is 3.96. The molecule has 0 aliphatic rings. The number of hydrogen-bond acceptors (Lipinski definition) is 4. The average Bonchev–Trinajstić information content (AvgIpc) is 3.27. The molecular formula is C28H18N2S2. The minimum atomic E-state index is 0.993. The molecule has 0 fully saturated rings. The standard InChI is InChI=1S/C28H18N2S2/c1-3-11-19(12-4-1)25-21-15-7-8-16-22(21)29-26(20-13-5-2-6-14-20)27(25)32-28-30-23-17-9-10-18-24(23)31-28/h1-18H. The van der Waals surface area contributed by atoms with E-state index in [9.17, 15) is 0 Å². The van der Waals surface area contributed by atoms with Crippen LogP contribution in [0.3, 0.4) is 0 Å². The van der Waals surface area contributed by atoms with Gasteiger partial charge in [0.1, 0.15) is 0 Å². The maximum atomic E-state index is 5.14. The van der Waals surface area contributed by atoms with Crippen molar-refractivity contribution in [1.82, 2.24) is 9.97 Å². The summed E-state index contributed by atoms with van der Waals surface area (Å²) in [7, 11) is 0. The molecule has 0 atom stereocenters. The Labute approximate surface area is 194 Å². The molecule has 0 aliphatic carbocycles. The third-order valence-corrected chi connectivity index (χ3v) is 7.62. The smallest absolute Gasteiger partial charge is 0.156 e. The Morgan fingerprint density at radius 3 is 1.94 bits per heavy atom. The van der Waals surface area contributed by atoms with Crippen LogP contribution in [0.2, 0.25) is 0 Å². The summed E-state index contributed by atoms with van der Waals surface area (Å²) in [4.78, 5) is 11.2. The van der Waals surface area contributed by atoms with Crippen molar-refractivity contribution in [2.24, 2.45) is 0 Å². The van der Waals surface area contributed by atoms with Crippen molar-refractivity contribution in [3.05, 3.63) is 109 Å². The van der Waals surface area contributed by atoms with Gasteiger partial charge in [-0.3, -0.25) is 0 Å². The van der Waals surface area contributed by atoms with E-state index in [1.54, 1.807) is 23.1 Å². The third-order valence-electron chi connectivity index (χ3n) is 5.42. The second kappa shape index (κ2) is 8.23. The van der Waals surface area contributed by atoms with Gasteiger partial charge in [-0.1, -0.05) is 103 Å². The van der Waals surface area contributed by atoms with Crippen molar-refractivity contribution in [2.45, 2.75) is 9.24 Å². The van der Waals surface area contributed by atoms with Gasteiger partial charge >= 0.3 is 0 Å². The third kappa shape index (κ3) is 3.48. The van der Waals surface area contributed by atoms with Gasteiger partial charge < -0.3 is 0 Å². The van der Waals surface area contributed by atoms with Crippen LogP contribution in [0.5, 0.6) is 0 Å². The van der Waals surface area contributed by atoms with Crippen LogP contribution in [0.25, 0.3) is 43.5 Å². The SMILES string of the molecule is c1ccc(-c2nc3ccccc3c(-c3ccccc3)c2Sc2nc3ccccc3s2)cc1. The molecule has 0 radical (unpaired) electrons. The second-order valence-corrected chi connectivity index (χ2v) is 9.75. The summed E-state index contributed by atoms with van der Waals surface area (Å²) in [6.07, 6.45) is 0. The van der Waals surface area contributed by atoms with Gasteiger partial charge in [0.05, 0.1) is 21.4 Å². The van der Waals surface area contributed by atoms with Crippen LogP contribution in [-0.2, 0) is 0 Å². The van der Waals surface area contributed by atoms with Crippen LogP contribution in [0.15, 0.2) is 118 Å². The van der Waals surface area contributed by atoms with Gasteiger partial charge in [0.2, 0.25) is 0 Å². The Hall–Kier alpha value is -3.47. The number of rotatable bonds is 4. The fraction of sp³-hybridized carbons (Fsp3) is 0. The highest BCUT2D eigenvalue weighted by molar-refractivity contribution is 8.01. The Bertz CT molecular complexity index is 1510. The molecule has 0 spiro atoms. The summed E-state index contributed by atoms with van der Waals surface area (Å²) < 4.78 is 2.23. The Kier molecular flexibility index (Phi) is 4.94. The van der Waals surface area contributed by atoms with E-state index in [0.29, 0.717) is 0 Å². The first-order chi connectivity index (χ1) is 15.9. The van der Waals surface area contributed by atoms with E-state index < -0.39 is 0 Å². The van der Waals surface area contributed by atoms with E-state index in [1.807, 2.05) is 12.1 Å². The van der Waals surface area contributed by atoms with E-state index in [4.69, 9.17) is 9.97 Å². The quantitative estimate of drug-likeness (QED) is 0.272. The highest BCUT2D eigenvalue weighted by Crippen LogP contribution is 2.46. The lowest BCUT2D eigenvalue weighted by Gasteiger charge is -2.17. The molecule has 0 bridgehead atoms. The molecule has 2 heterocycles. The number of nitrogens with zero attached hydrogens (tertiary/aromatic N) is 2. The van der Waals surface area contributed by atoms with Crippen molar-refractivity contribution in [2.75, 3.05) is 0 Å². The molecule has 0 amide bonds. The number of aromatic nitrogens is 2. The van der Waals surface area contributed by atoms with Gasteiger partial charge in [-0.2, -0.15) is 0 Å². The minimum absolute atomic E-state index is 0.993. The maximum Gasteiger partial charge on any atom is 0.156 e. The van der Waals surface area contributed by atoms with E-state index in [0.717, 1.165) is 36.9 Å². The number of fused-ring (bicyclic) bond motifs is 2. The van der Waals surface area contributed by atoms with E-state index in [-0.39, 0.29) is 0 Å². The Morgan fingerprint density at radius 2 is 1.19 bits per heavy atom. The number of hydrogen-bond donors (Lipinski definition) is 0. The molecule has 6 aromatic rings. The fourth-order valence-corrected chi connectivity index (χ4v) is 6.25. The van der Waals surface area contributed by atoms with Gasteiger partial charge in [0, 0.05) is 21.4 Å². The summed E-state index contributed by atoms with van der Waals surface area (Å²) in [6, 6.07) is 37.8. The van der Waals surface area contributed by atoms with Crippen LogP contribution >= 0.6 is 23.1 Å². The second-order valence-electron chi connectivity index (χ2n) is 7.46. The molecule has 0 N–H and O–H groups in total. The van der Waals surface area contributed by atoms with Crippen molar-refractivity contribution < 1.29 is 0 Å². The summed E-state index contributed by atoms with van der Waals surface area (Å²) >= 11 is 3.45. The lowest BCUT2D eigenvalue weighted by molar-refractivity contribution is 1.27. The number of benzene rings is 4. The summed E-state index contributed by atoms with van der Waals surface area (Å²) in [6.45, 7) is 0. The zero-order valence-corrected chi connectivity index (χ0v) is 18.7. The normalized spacial score (nSPS) is 11.2. The first-order valence-corrected chi connectivity index (χ1v) is 12.1. The molecule has 0 saturated carbocycles. The molecule has 2 aromatic heterocycles. The van der Waals surface area contributed by atoms with Crippen molar-refractivity contribution in [3.63, 3.8) is 0 Å². The highest BCUT2D eigenvalue weighted by Gasteiger charge is 2.20. The Balaban J connectivity index is 1.66. The average molecular weight is 447 g/mol. The lowest BCUT2D eigenvalue weighted by atomic mass is 9.98. The molecular weight excluding hydrogens is 428 g/mol. The monoisotopic (exact) mass is 446 g/mol. The van der Waals surface area contributed by atoms with E-state index in [1.165, 1.54) is 15.8 Å². The largest absolute Gasteiger partial charge is 0.247 e. The van der Waals surface area contributed by atoms with Gasteiger partial charge in [0.15, 0.2) is 4.34 Å². The zero-order chi connectivity index (χ0) is 21.3. The minimum Gasteiger partial charge on any atom is -0.247 e. The number of thiazole rings is 1. The number of para-hydroxylation sites is 2. The van der Waals surface area contributed by atoms with Crippen molar-refractivity contribution >= 4 is 44.2 Å². The topological polar surface area (TPSA) is 25.8 Å². The zero-order valence-electron chi connectivity index (χ0n) is 17.1. The molecule has 0 unspecified atom stereocenters. The van der Waals surface area contributed by atoms with Crippen LogP contribution in [0.4, 0.5) is 0 Å². The maximum absolute atomic E-state index is 5.14. The molecule has 32 heavy (non-hydrogen) atoms. The van der Waals surface area contributed by atoms with Gasteiger partial charge in [-0.15, -0.1) is 11.3 Å². The molecule has 2 nitrogen and oxygen atoms in total. The van der Waals surface area contributed by atoms with E-state index in [2.05, 4.69) is 97.1 Å². The van der Waals surface area contributed by atoms with Crippen LogP contribution in [0.1, 0.15) is 0 Å². The van der Waals surface area contributed by atoms with Crippen molar-refractivity contribution in [3.8, 4) is 22.4 Å². The summed E-state index contributed by atoms with van der Waals surface area (Å²) in [5.41, 5.74) is 6.53. The summed E-state index contributed by atoms with van der Waals surface area (Å²) in [5, 5.41) is 1.15. The van der Waals surface area contributed by atoms with Crippen LogP contribution in [0, 0.1) is 0 Å². The predicted octanol–water partition coefficient (Wildman–Crippen LogP) is 8.33. The summed E-state index contributed by atoms with van der Waals surface area (Å²) in [5.74, 6) is 0. The molecule has 152 valence electrons. The van der Waals surface area contributed by atoms with Crippen LogP contribution in [-0.4, -0.2) is 9.97 Å². The molecule has 4 aromatic carbocycles. The van der Waals surface area contributed by atoms with Crippen molar-refractivity contribution in [1.29, 1.82) is 0 Å². The molecule has 0 aliphatic heterocycles. The Morgan fingerprint density at radius 1 is 0.562 bits per heavy atom. The first-order valence-electron chi connectivity index (χ1n) is 10.4. The van der Waals surface area contributed by atoms with Gasteiger partial charge in [-0.05, 0) is 23.8 Å². The highest BCUT2D eigenvalue weighted by atomic mass is 32.2. The van der Waals surface area contributed by atoms with E-state index >= 15 is 0 Å². The predicted molar refractivity (Wildman–Crippen MR) is 136 cm³/mol. The van der Waals surface area contributed by atoms with Crippen LogP contribution < -0.4 is 0 Å². The van der Waals surface area contributed by atoms with Gasteiger partial charge in [-0.25, -0.2) is 9.97 Å². The number of pyridine rings is 1. The van der Waals surface area contributed by atoms with Gasteiger partial charge in [0.25, 0.3) is 0 Å². The first kappa shape index (κ1) is 19.2. The molecule has 6 rings (SSSR count). The molecule has 0 saturated heterocycles. The molecule has 4 heteroatoms.